The highest BCUT2D eigenvalue weighted by atomic mass is 32.2. The van der Waals surface area contributed by atoms with Crippen LogP contribution in [0, 0.1) is 23.5 Å². The third-order valence-electron chi connectivity index (χ3n) is 17.4. The minimum absolute atomic E-state index is 0.0536. The summed E-state index contributed by atoms with van der Waals surface area (Å²) in [7, 11) is -6.53. The lowest BCUT2D eigenvalue weighted by atomic mass is 9.78. The van der Waals surface area contributed by atoms with E-state index in [0.717, 1.165) is 48.5 Å². The number of sulfone groups is 2. The Hall–Kier alpha value is -5.56. The fourth-order valence-corrected chi connectivity index (χ4v) is 16.2. The largest absolute Gasteiger partial charge is 0.435 e. The Morgan fingerprint density at radius 3 is 0.965 bits per heavy atom. The Labute approximate surface area is 483 Å². The fraction of sp³-hybridized carbons (Fsp3) is 0.536. The zero-order valence-corrected chi connectivity index (χ0v) is 47.3. The van der Waals surface area contributed by atoms with E-state index in [1.54, 1.807) is 0 Å². The topological polar surface area (TPSA) is 168 Å². The molecule has 0 aromatic heterocycles. The van der Waals surface area contributed by atoms with Crippen LogP contribution in [-0.4, -0.2) is 138 Å². The van der Waals surface area contributed by atoms with Gasteiger partial charge in [0, 0.05) is 64.7 Å². The molecule has 0 spiro atoms. The van der Waals surface area contributed by atoms with Gasteiger partial charge in [-0.05, 0) is 136 Å². The van der Waals surface area contributed by atoms with E-state index >= 15 is 0 Å². The minimum Gasteiger partial charge on any atom is -0.396 e. The molecule has 2 aliphatic carbocycles. The molecular formula is C56H58F16N2O10S2. The average molecular weight is 1290 g/mol. The minimum atomic E-state index is -6.37. The van der Waals surface area contributed by atoms with E-state index in [4.69, 9.17) is 9.47 Å². The van der Waals surface area contributed by atoms with E-state index in [1.807, 2.05) is 0 Å². The SMILES string of the molecule is COC1(C(=O)N2CC[C@](c3ccc(C(F)(C(F)(F)F)C(F)(F)F)cc3)(S(=O)(=O)c3ccc(F)cc3)C2)CCC(CO)CC1.COC1(C(=O)N2CC[C@](c3ccc(C(F)(C(F)(F)F)C(F)(F)F)cc3)(S(=O)(=O)c3ccc(F)cc3)C2)CCC(CO)CC1. The molecule has 86 heavy (non-hydrogen) atoms. The standard InChI is InChI=1S/2C28H29F8NO5S/c2*1-42-24(12-10-18(16-38)11-13-24)23(39)37-15-14-25(17-37,43(40,41)22-8-6-21(29)7-9-22)19-2-4-20(5-3-19)26(30,27(31,32)33)28(34,35)36/h2*2-9,18,38H,10-17H2,1H3/t2*18?,24?,25-/m00/s1. The molecule has 12 nitrogen and oxygen atoms in total. The van der Waals surface area contributed by atoms with E-state index in [0.29, 0.717) is 49.9 Å². The molecule has 2 saturated carbocycles. The summed E-state index contributed by atoms with van der Waals surface area (Å²) in [5, 5.41) is 19.0. The van der Waals surface area contributed by atoms with E-state index in [-0.39, 0.29) is 112 Å². The number of amides is 2. The van der Waals surface area contributed by atoms with Gasteiger partial charge in [-0.2, -0.15) is 52.7 Å². The molecule has 4 fully saturated rings. The number of rotatable bonds is 14. The van der Waals surface area contributed by atoms with Crippen molar-refractivity contribution < 1.29 is 116 Å². The van der Waals surface area contributed by atoms with Crippen molar-refractivity contribution in [2.45, 2.75) is 131 Å². The molecule has 0 bridgehead atoms. The smallest absolute Gasteiger partial charge is 0.396 e. The summed E-state index contributed by atoms with van der Waals surface area (Å²) in [4.78, 5) is 29.2. The maximum Gasteiger partial charge on any atom is 0.435 e. The number of halogens is 16. The first-order valence-corrected chi connectivity index (χ1v) is 29.5. The highest BCUT2D eigenvalue weighted by molar-refractivity contribution is 7.92. The first-order chi connectivity index (χ1) is 39.8. The normalized spacial score (nSPS) is 25.6. The zero-order valence-electron chi connectivity index (χ0n) is 45.6. The third-order valence-corrected chi connectivity index (χ3v) is 22.4. The summed E-state index contributed by atoms with van der Waals surface area (Å²) in [5.74, 6) is -2.75. The van der Waals surface area contributed by atoms with Crippen LogP contribution in [0.4, 0.5) is 70.2 Å². The Morgan fingerprint density at radius 2 is 0.733 bits per heavy atom. The molecule has 0 unspecified atom stereocenters. The number of carbonyl (C=O) groups excluding carboxylic acids is 2. The summed E-state index contributed by atoms with van der Waals surface area (Å²) < 4.78 is 280. The predicted molar refractivity (Wildman–Crippen MR) is 273 cm³/mol. The number of carbonyl (C=O) groups is 2. The van der Waals surface area contributed by atoms with E-state index in [2.05, 4.69) is 0 Å². The monoisotopic (exact) mass is 1290 g/mol. The molecule has 2 saturated heterocycles. The van der Waals surface area contributed by atoms with E-state index in [1.165, 1.54) is 24.0 Å². The lowest BCUT2D eigenvalue weighted by Gasteiger charge is -2.40. The van der Waals surface area contributed by atoms with Gasteiger partial charge in [-0.25, -0.2) is 34.4 Å². The Kier molecular flexibility index (Phi) is 19.0. The molecule has 2 atom stereocenters. The van der Waals surface area contributed by atoms with Crippen molar-refractivity contribution in [1.82, 2.24) is 9.80 Å². The molecule has 30 heteroatoms. The van der Waals surface area contributed by atoms with Crippen molar-refractivity contribution >= 4 is 31.5 Å². The van der Waals surface area contributed by atoms with Crippen LogP contribution >= 0.6 is 0 Å². The Morgan fingerprint density at radius 1 is 0.465 bits per heavy atom. The average Bonchev–Trinajstić information content (AvgIpc) is 1.40. The van der Waals surface area contributed by atoms with Crippen LogP contribution in [0.15, 0.2) is 107 Å². The lowest BCUT2D eigenvalue weighted by Crippen LogP contribution is -2.53. The van der Waals surface area contributed by atoms with Crippen LogP contribution in [0.25, 0.3) is 0 Å². The molecule has 2 aliphatic heterocycles. The van der Waals surface area contributed by atoms with Gasteiger partial charge in [-0.15, -0.1) is 0 Å². The number of nitrogens with zero attached hydrogens (tertiary/aromatic N) is 2. The molecule has 2 heterocycles. The van der Waals surface area contributed by atoms with Gasteiger partial charge in [0.2, 0.25) is 0 Å². The fourth-order valence-electron chi connectivity index (χ4n) is 12.0. The van der Waals surface area contributed by atoms with Crippen LogP contribution in [0.3, 0.4) is 0 Å². The number of alkyl halides is 14. The van der Waals surface area contributed by atoms with Crippen molar-refractivity contribution in [2.75, 3.05) is 53.6 Å². The second kappa shape index (κ2) is 24.1. The molecule has 2 N–H and O–H groups in total. The Bertz CT molecular complexity index is 3030. The van der Waals surface area contributed by atoms with Gasteiger partial charge < -0.3 is 29.5 Å². The quantitative estimate of drug-likeness (QED) is 0.0916. The van der Waals surface area contributed by atoms with Gasteiger partial charge in [-0.3, -0.25) is 9.59 Å². The molecule has 4 aromatic carbocycles. The molecule has 2 amide bonds. The van der Waals surface area contributed by atoms with E-state index < -0.39 is 134 Å². The van der Waals surface area contributed by atoms with Gasteiger partial charge >= 0.3 is 36.0 Å². The molecule has 0 radical (unpaired) electrons. The van der Waals surface area contributed by atoms with Crippen molar-refractivity contribution in [3.63, 3.8) is 0 Å². The third kappa shape index (κ3) is 11.7. The van der Waals surface area contributed by atoms with Crippen LogP contribution in [0.2, 0.25) is 0 Å². The summed E-state index contributed by atoms with van der Waals surface area (Å²) >= 11 is 0. The second-order valence-electron chi connectivity index (χ2n) is 22.0. The van der Waals surface area contributed by atoms with Gasteiger partial charge in [0.25, 0.3) is 11.8 Å². The lowest BCUT2D eigenvalue weighted by molar-refractivity contribution is -0.349. The van der Waals surface area contributed by atoms with Crippen molar-refractivity contribution in [1.29, 1.82) is 0 Å². The van der Waals surface area contributed by atoms with Crippen LogP contribution in [0.1, 0.15) is 86.5 Å². The number of benzene rings is 4. The number of likely N-dealkylation sites (tertiary alicyclic amines) is 2. The highest BCUT2D eigenvalue weighted by Gasteiger charge is 2.75. The van der Waals surface area contributed by atoms with Crippen molar-refractivity contribution in [2.24, 2.45) is 11.8 Å². The molecule has 476 valence electrons. The van der Waals surface area contributed by atoms with Crippen LogP contribution in [-0.2, 0) is 59.6 Å². The van der Waals surface area contributed by atoms with Crippen molar-refractivity contribution in [3.8, 4) is 0 Å². The van der Waals surface area contributed by atoms with Crippen LogP contribution in [0.5, 0.6) is 0 Å². The summed E-state index contributed by atoms with van der Waals surface area (Å²) in [6.45, 7) is -1.63. The zero-order chi connectivity index (χ0) is 64.1. The highest BCUT2D eigenvalue weighted by Crippen LogP contribution is 2.56. The number of hydrogen-bond donors (Lipinski definition) is 2. The summed E-state index contributed by atoms with van der Waals surface area (Å²) in [5.41, 5.74) is -18.3. The Balaban J connectivity index is 0.000000246. The number of methoxy groups -OCH3 is 2. The van der Waals surface area contributed by atoms with Crippen molar-refractivity contribution in [3.05, 3.63) is 131 Å². The second-order valence-corrected chi connectivity index (χ2v) is 26.5. The summed E-state index contributed by atoms with van der Waals surface area (Å²) in [6, 6.07) is 10.9. The van der Waals surface area contributed by atoms with Gasteiger partial charge in [0.1, 0.15) is 32.3 Å². The number of aliphatic hydroxyl groups excluding tert-OH is 2. The number of aliphatic hydroxyl groups is 2. The summed E-state index contributed by atoms with van der Waals surface area (Å²) in [6.07, 6.45) is -23.4. The van der Waals surface area contributed by atoms with Gasteiger partial charge in [0.05, 0.1) is 9.79 Å². The van der Waals surface area contributed by atoms with Crippen LogP contribution < -0.4 is 0 Å². The van der Waals surface area contributed by atoms with E-state index in [9.17, 15) is 107 Å². The first kappa shape index (κ1) is 67.9. The molecular weight excluding hydrogens is 1230 g/mol. The molecule has 4 aromatic rings. The predicted octanol–water partition coefficient (Wildman–Crippen LogP) is 11.2. The maximum atomic E-state index is 14.7. The van der Waals surface area contributed by atoms with Gasteiger partial charge in [-0.1, -0.05) is 48.5 Å². The molecule has 4 aliphatic rings. The first-order valence-electron chi connectivity index (χ1n) is 26.5. The van der Waals surface area contributed by atoms with Gasteiger partial charge in [0.15, 0.2) is 19.7 Å². The number of hydrogen-bond acceptors (Lipinski definition) is 10. The number of ether oxygens (including phenoxy) is 2. The molecule has 8 rings (SSSR count). The maximum absolute atomic E-state index is 14.7.